The highest BCUT2D eigenvalue weighted by molar-refractivity contribution is 5.95. The van der Waals surface area contributed by atoms with Crippen molar-refractivity contribution in [3.05, 3.63) is 11.6 Å². The molecule has 0 aromatic carbocycles. The molecule has 0 aromatic heterocycles. The number of ether oxygens (including phenoxy) is 1. The van der Waals surface area contributed by atoms with Gasteiger partial charge in [-0.1, -0.05) is 19.9 Å². The van der Waals surface area contributed by atoms with Crippen molar-refractivity contribution in [2.75, 3.05) is 0 Å². The second kappa shape index (κ2) is 6.21. The number of Topliss-reactive ketones (excluding diaryl/α,β-unsaturated/α-hetero) is 1. The smallest absolute Gasteiger partial charge is 0.302 e. The molecular formula is C23H34O3. The molecule has 0 heterocycles. The van der Waals surface area contributed by atoms with Crippen LogP contribution in [0.2, 0.25) is 0 Å². The minimum absolute atomic E-state index is 0.116. The molecule has 0 aromatic rings. The van der Waals surface area contributed by atoms with Crippen molar-refractivity contribution in [1.82, 2.24) is 0 Å². The van der Waals surface area contributed by atoms with Gasteiger partial charge in [0.25, 0.3) is 0 Å². The summed E-state index contributed by atoms with van der Waals surface area (Å²) in [6.07, 6.45) is 11.7. The quantitative estimate of drug-likeness (QED) is 0.646. The van der Waals surface area contributed by atoms with E-state index in [1.54, 1.807) is 6.92 Å². The van der Waals surface area contributed by atoms with Crippen LogP contribution < -0.4 is 0 Å². The van der Waals surface area contributed by atoms with E-state index in [1.165, 1.54) is 39.0 Å². The van der Waals surface area contributed by atoms with Crippen LogP contribution in [0, 0.1) is 34.5 Å². The fraction of sp³-hybridized carbons (Fsp3) is 0.826. The van der Waals surface area contributed by atoms with Crippen LogP contribution >= 0.6 is 0 Å². The fourth-order valence-corrected chi connectivity index (χ4v) is 7.67. The van der Waals surface area contributed by atoms with E-state index in [4.69, 9.17) is 4.74 Å². The number of fused-ring (bicyclic) bond motifs is 5. The number of carbonyl (C=O) groups excluding carboxylic acids is 2. The number of allylic oxidation sites excluding steroid dienone is 2. The predicted octanol–water partition coefficient (Wildman–Crippen LogP) is 5.09. The third kappa shape index (κ3) is 2.60. The molecule has 144 valence electrons. The molecule has 4 aliphatic carbocycles. The van der Waals surface area contributed by atoms with Gasteiger partial charge in [0, 0.05) is 6.92 Å². The first-order valence-electron chi connectivity index (χ1n) is 10.6. The van der Waals surface area contributed by atoms with Gasteiger partial charge in [0.05, 0.1) is 0 Å². The van der Waals surface area contributed by atoms with E-state index in [9.17, 15) is 9.59 Å². The second-order valence-electron chi connectivity index (χ2n) is 10.0. The molecule has 0 aliphatic heterocycles. The molecule has 0 radical (unpaired) electrons. The molecule has 3 fully saturated rings. The molecule has 0 bridgehead atoms. The molecule has 0 N–H and O–H groups in total. The SMILES string of the molecule is CC(=O)O[C@H]1CC[C@]2(C)C3CC[C@]4(C)C(C(C)=O)=CCC4C3CC[C@H]2C1. The second-order valence-corrected chi connectivity index (χ2v) is 10.0. The zero-order valence-electron chi connectivity index (χ0n) is 16.8. The summed E-state index contributed by atoms with van der Waals surface area (Å²) in [4.78, 5) is 23.5. The molecule has 4 aliphatic rings. The normalized spacial score (nSPS) is 47.2. The van der Waals surface area contributed by atoms with E-state index in [0.29, 0.717) is 17.3 Å². The lowest BCUT2D eigenvalue weighted by molar-refractivity contribution is -0.159. The van der Waals surface area contributed by atoms with Gasteiger partial charge in [-0.05, 0) is 98.4 Å². The van der Waals surface area contributed by atoms with Crippen molar-refractivity contribution in [2.24, 2.45) is 34.5 Å². The molecule has 3 saturated carbocycles. The van der Waals surface area contributed by atoms with Crippen LogP contribution in [-0.2, 0) is 14.3 Å². The number of hydrogen-bond acceptors (Lipinski definition) is 3. The van der Waals surface area contributed by atoms with Gasteiger partial charge in [0.1, 0.15) is 6.10 Å². The van der Waals surface area contributed by atoms with Crippen molar-refractivity contribution in [2.45, 2.75) is 85.2 Å². The predicted molar refractivity (Wildman–Crippen MR) is 101 cm³/mol. The number of rotatable bonds is 2. The third-order valence-electron chi connectivity index (χ3n) is 8.91. The number of carbonyl (C=O) groups is 2. The first kappa shape index (κ1) is 18.3. The first-order chi connectivity index (χ1) is 12.3. The van der Waals surface area contributed by atoms with Crippen molar-refractivity contribution in [1.29, 1.82) is 0 Å². The van der Waals surface area contributed by atoms with Gasteiger partial charge >= 0.3 is 5.97 Å². The Morgan fingerprint density at radius 2 is 1.81 bits per heavy atom. The maximum atomic E-state index is 12.2. The summed E-state index contributed by atoms with van der Waals surface area (Å²) in [6.45, 7) is 8.17. The van der Waals surface area contributed by atoms with E-state index in [-0.39, 0.29) is 23.3 Å². The van der Waals surface area contributed by atoms with E-state index in [0.717, 1.165) is 36.7 Å². The zero-order valence-corrected chi connectivity index (χ0v) is 16.8. The van der Waals surface area contributed by atoms with E-state index in [2.05, 4.69) is 19.9 Å². The van der Waals surface area contributed by atoms with E-state index >= 15 is 0 Å². The van der Waals surface area contributed by atoms with Crippen molar-refractivity contribution >= 4 is 11.8 Å². The van der Waals surface area contributed by atoms with Gasteiger partial charge in [-0.2, -0.15) is 0 Å². The van der Waals surface area contributed by atoms with E-state index < -0.39 is 0 Å². The van der Waals surface area contributed by atoms with Gasteiger partial charge in [0.15, 0.2) is 5.78 Å². The summed E-state index contributed by atoms with van der Waals surface area (Å²) in [5, 5.41) is 0. The van der Waals surface area contributed by atoms with Crippen molar-refractivity contribution in [3.63, 3.8) is 0 Å². The average Bonchev–Trinajstić information content (AvgIpc) is 2.92. The zero-order chi connectivity index (χ0) is 18.7. The Bertz CT molecular complexity index is 650. The van der Waals surface area contributed by atoms with Gasteiger partial charge in [0.2, 0.25) is 0 Å². The van der Waals surface area contributed by atoms with E-state index in [1.807, 2.05) is 0 Å². The topological polar surface area (TPSA) is 43.4 Å². The third-order valence-corrected chi connectivity index (χ3v) is 8.91. The Morgan fingerprint density at radius 3 is 2.50 bits per heavy atom. The fourth-order valence-electron chi connectivity index (χ4n) is 7.67. The van der Waals surface area contributed by atoms with Crippen molar-refractivity contribution < 1.29 is 14.3 Å². The average molecular weight is 359 g/mol. The monoisotopic (exact) mass is 358 g/mol. The highest BCUT2D eigenvalue weighted by atomic mass is 16.5. The number of ketones is 1. The summed E-state index contributed by atoms with van der Waals surface area (Å²) < 4.78 is 5.56. The highest BCUT2D eigenvalue weighted by Gasteiger charge is 2.59. The number of hydrogen-bond donors (Lipinski definition) is 0. The summed E-state index contributed by atoms with van der Waals surface area (Å²) in [5.74, 6) is 3.03. The molecule has 26 heavy (non-hydrogen) atoms. The maximum absolute atomic E-state index is 12.2. The Labute approximate surface area is 157 Å². The summed E-state index contributed by atoms with van der Waals surface area (Å²) >= 11 is 0. The molecule has 0 saturated heterocycles. The van der Waals surface area contributed by atoms with Gasteiger partial charge < -0.3 is 4.74 Å². The van der Waals surface area contributed by atoms with Crippen LogP contribution in [0.1, 0.15) is 79.1 Å². The standard InChI is InChI=1S/C23H34O3/c1-14(24)19-7-8-20-18-6-5-16-13-17(26-15(2)25)9-11-22(16,3)21(18)10-12-23(19,20)4/h7,16-18,20-21H,5-6,8-13H2,1-4H3/t16-,17-,18?,20?,21?,22-,23+/m0/s1. The molecular weight excluding hydrogens is 324 g/mol. The lowest BCUT2D eigenvalue weighted by atomic mass is 9.44. The van der Waals surface area contributed by atoms with Crippen LogP contribution in [0.4, 0.5) is 0 Å². The maximum Gasteiger partial charge on any atom is 0.302 e. The summed E-state index contributed by atoms with van der Waals surface area (Å²) in [6, 6.07) is 0. The Kier molecular flexibility index (Phi) is 4.36. The van der Waals surface area contributed by atoms with Gasteiger partial charge in [-0.3, -0.25) is 9.59 Å². The Balaban J connectivity index is 1.54. The van der Waals surface area contributed by atoms with Gasteiger partial charge in [-0.15, -0.1) is 0 Å². The molecule has 0 spiro atoms. The molecule has 0 amide bonds. The lowest BCUT2D eigenvalue weighted by Gasteiger charge is -2.60. The minimum atomic E-state index is -0.130. The molecule has 3 heteroatoms. The lowest BCUT2D eigenvalue weighted by Crippen LogP contribution is -2.54. The van der Waals surface area contributed by atoms with Crippen LogP contribution in [-0.4, -0.2) is 17.9 Å². The van der Waals surface area contributed by atoms with Crippen molar-refractivity contribution in [3.8, 4) is 0 Å². The molecule has 4 rings (SSSR count). The molecule has 3 unspecified atom stereocenters. The first-order valence-corrected chi connectivity index (χ1v) is 10.6. The number of esters is 1. The van der Waals surface area contributed by atoms with Crippen LogP contribution in [0.5, 0.6) is 0 Å². The summed E-state index contributed by atoms with van der Waals surface area (Å²) in [5.41, 5.74) is 1.62. The van der Waals surface area contributed by atoms with Crippen LogP contribution in [0.15, 0.2) is 11.6 Å². The largest absolute Gasteiger partial charge is 0.463 e. The molecule has 7 atom stereocenters. The Morgan fingerprint density at radius 1 is 1.04 bits per heavy atom. The van der Waals surface area contributed by atoms with Crippen LogP contribution in [0.25, 0.3) is 0 Å². The minimum Gasteiger partial charge on any atom is -0.463 e. The van der Waals surface area contributed by atoms with Gasteiger partial charge in [-0.25, -0.2) is 0 Å². The summed E-state index contributed by atoms with van der Waals surface area (Å²) in [7, 11) is 0. The molecule has 3 nitrogen and oxygen atoms in total. The van der Waals surface area contributed by atoms with Crippen LogP contribution in [0.3, 0.4) is 0 Å². The highest BCUT2D eigenvalue weighted by Crippen LogP contribution is 2.66. The Hall–Kier alpha value is -1.12.